The molecule has 3 heterocycles. The lowest BCUT2D eigenvalue weighted by Gasteiger charge is -2.29. The maximum absolute atomic E-state index is 12.3. The van der Waals surface area contributed by atoms with Crippen LogP contribution in [0.2, 0.25) is 0 Å². The molecule has 6 heteroatoms. The van der Waals surface area contributed by atoms with E-state index >= 15 is 0 Å². The van der Waals surface area contributed by atoms with Crippen LogP contribution in [-0.4, -0.2) is 20.6 Å². The van der Waals surface area contributed by atoms with E-state index in [-0.39, 0.29) is 5.91 Å². The molecule has 0 atom stereocenters. The first kappa shape index (κ1) is 11.0. The molecule has 3 rings (SSSR count). The highest BCUT2D eigenvalue weighted by molar-refractivity contribution is 7.14. The van der Waals surface area contributed by atoms with Crippen molar-refractivity contribution in [3.05, 3.63) is 47.4 Å². The Morgan fingerprint density at radius 3 is 3.11 bits per heavy atom. The molecule has 92 valence electrons. The molecule has 1 N–H and O–H groups in total. The van der Waals surface area contributed by atoms with Gasteiger partial charge >= 0.3 is 0 Å². The molecule has 0 spiro atoms. The Morgan fingerprint density at radius 1 is 1.56 bits per heavy atom. The van der Waals surface area contributed by atoms with E-state index < -0.39 is 0 Å². The summed E-state index contributed by atoms with van der Waals surface area (Å²) in [6.07, 6.45) is 3.65. The Balaban J connectivity index is 1.89. The van der Waals surface area contributed by atoms with Crippen LogP contribution in [-0.2, 0) is 13.6 Å². The summed E-state index contributed by atoms with van der Waals surface area (Å²) in [7, 11) is 1.85. The van der Waals surface area contributed by atoms with E-state index in [4.69, 9.17) is 0 Å². The molecule has 0 unspecified atom stereocenters. The monoisotopic (exact) mass is 260 g/mol. The zero-order chi connectivity index (χ0) is 12.7. The number of nitrogens with one attached hydrogen (secondary N) is 1. The van der Waals surface area contributed by atoms with Gasteiger partial charge in [-0.05, 0) is 11.4 Å². The maximum atomic E-state index is 12.3. The lowest BCUT2D eigenvalue weighted by molar-refractivity contribution is 0.0793. The van der Waals surface area contributed by atoms with Crippen molar-refractivity contribution >= 4 is 22.2 Å². The number of rotatable bonds is 2. The highest BCUT2D eigenvalue weighted by atomic mass is 32.1. The van der Waals surface area contributed by atoms with Crippen molar-refractivity contribution in [2.24, 2.45) is 7.05 Å². The number of anilines is 1. The summed E-state index contributed by atoms with van der Waals surface area (Å²) < 4.78 is 1.72. The van der Waals surface area contributed by atoms with Crippen LogP contribution >= 0.6 is 11.3 Å². The second-order valence-electron chi connectivity index (χ2n) is 4.15. The van der Waals surface area contributed by atoms with Crippen molar-refractivity contribution in [3.63, 3.8) is 0 Å². The molecule has 0 aromatic carbocycles. The molecule has 18 heavy (non-hydrogen) atoms. The maximum Gasteiger partial charge on any atom is 0.262 e. The Morgan fingerprint density at radius 2 is 2.39 bits per heavy atom. The summed E-state index contributed by atoms with van der Waals surface area (Å²) in [5.41, 5.74) is 1.68. The van der Waals surface area contributed by atoms with E-state index in [0.29, 0.717) is 17.9 Å². The molecule has 0 fully saturated rings. The Labute approximate surface area is 108 Å². The molecule has 1 aliphatic heterocycles. The summed E-state index contributed by atoms with van der Waals surface area (Å²) >= 11 is 1.51. The number of carbonyl (C=O) groups is 1. The van der Waals surface area contributed by atoms with E-state index in [1.54, 1.807) is 15.8 Å². The van der Waals surface area contributed by atoms with Gasteiger partial charge in [0, 0.05) is 18.8 Å². The molecule has 0 saturated heterocycles. The van der Waals surface area contributed by atoms with Gasteiger partial charge in [0.15, 0.2) is 0 Å². The van der Waals surface area contributed by atoms with Gasteiger partial charge in [-0.3, -0.25) is 14.4 Å². The van der Waals surface area contributed by atoms with Crippen molar-refractivity contribution in [1.29, 1.82) is 0 Å². The van der Waals surface area contributed by atoms with Crippen LogP contribution in [0, 0.1) is 0 Å². The summed E-state index contributed by atoms with van der Waals surface area (Å²) in [5, 5.41) is 10.0. The summed E-state index contributed by atoms with van der Waals surface area (Å²) in [6, 6.07) is 1.83. The predicted octanol–water partition coefficient (Wildman–Crippen LogP) is 2.02. The molecule has 0 radical (unpaired) electrons. The second-order valence-corrected chi connectivity index (χ2v) is 5.06. The Kier molecular flexibility index (Phi) is 2.45. The van der Waals surface area contributed by atoms with Gasteiger partial charge in [0.1, 0.15) is 10.8 Å². The summed E-state index contributed by atoms with van der Waals surface area (Å²) in [5.74, 6) is 0.595. The summed E-state index contributed by atoms with van der Waals surface area (Å²) in [6.45, 7) is 4.38. The predicted molar refractivity (Wildman–Crippen MR) is 70.2 cm³/mol. The van der Waals surface area contributed by atoms with Crippen LogP contribution in [0.25, 0.3) is 0 Å². The fourth-order valence-corrected chi connectivity index (χ4v) is 2.74. The van der Waals surface area contributed by atoms with Gasteiger partial charge in [0.05, 0.1) is 18.3 Å². The molecule has 0 aliphatic carbocycles. The first-order chi connectivity index (χ1) is 8.65. The quantitative estimate of drug-likeness (QED) is 0.898. The van der Waals surface area contributed by atoms with Crippen molar-refractivity contribution in [1.82, 2.24) is 14.7 Å². The molecule has 5 nitrogen and oxygen atoms in total. The highest BCUT2D eigenvalue weighted by Crippen LogP contribution is 2.32. The highest BCUT2D eigenvalue weighted by Gasteiger charge is 2.28. The van der Waals surface area contributed by atoms with Crippen LogP contribution in [0.4, 0.5) is 5.00 Å². The van der Waals surface area contributed by atoms with Gasteiger partial charge in [0.25, 0.3) is 5.91 Å². The van der Waals surface area contributed by atoms with Crippen molar-refractivity contribution in [2.75, 3.05) is 5.32 Å². The van der Waals surface area contributed by atoms with E-state index in [0.717, 1.165) is 10.6 Å². The number of hydrogen-bond acceptors (Lipinski definition) is 4. The van der Waals surface area contributed by atoms with Crippen molar-refractivity contribution < 1.29 is 4.79 Å². The minimum Gasteiger partial charge on any atom is -0.333 e. The number of fused-ring (bicyclic) bond motifs is 1. The van der Waals surface area contributed by atoms with Gasteiger partial charge in [0.2, 0.25) is 0 Å². The van der Waals surface area contributed by atoms with Gasteiger partial charge in [-0.15, -0.1) is 11.3 Å². The van der Waals surface area contributed by atoms with Crippen LogP contribution in [0.3, 0.4) is 0 Å². The fraction of sp³-hybridized carbons (Fsp3) is 0.167. The Hall–Kier alpha value is -2.08. The first-order valence-corrected chi connectivity index (χ1v) is 6.36. The number of amides is 1. The SMILES string of the molecule is C=C1Nc2sccc2C(=O)N1Cc1cnn(C)c1. The lowest BCUT2D eigenvalue weighted by Crippen LogP contribution is -2.36. The van der Waals surface area contributed by atoms with Gasteiger partial charge in [-0.1, -0.05) is 6.58 Å². The molecule has 1 amide bonds. The number of aryl methyl sites for hydroxylation is 1. The lowest BCUT2D eigenvalue weighted by atomic mass is 10.2. The number of hydrogen-bond donors (Lipinski definition) is 1. The van der Waals surface area contributed by atoms with Crippen molar-refractivity contribution in [2.45, 2.75) is 6.54 Å². The molecule has 0 bridgehead atoms. The van der Waals surface area contributed by atoms with Gasteiger partial charge in [-0.25, -0.2) is 0 Å². The van der Waals surface area contributed by atoms with Crippen LogP contribution in [0.15, 0.2) is 36.2 Å². The third-order valence-corrected chi connectivity index (χ3v) is 3.65. The minimum absolute atomic E-state index is 0.0150. The smallest absolute Gasteiger partial charge is 0.262 e. The number of aromatic nitrogens is 2. The van der Waals surface area contributed by atoms with E-state index in [2.05, 4.69) is 17.0 Å². The minimum atomic E-state index is -0.0150. The van der Waals surface area contributed by atoms with Crippen LogP contribution < -0.4 is 5.32 Å². The normalized spacial score (nSPS) is 14.6. The number of nitrogens with zero attached hydrogens (tertiary/aromatic N) is 3. The zero-order valence-corrected chi connectivity index (χ0v) is 10.7. The van der Waals surface area contributed by atoms with Crippen LogP contribution in [0.1, 0.15) is 15.9 Å². The number of carbonyl (C=O) groups excluding carboxylic acids is 1. The molecular formula is C12H12N4OS. The van der Waals surface area contributed by atoms with Crippen molar-refractivity contribution in [3.8, 4) is 0 Å². The van der Waals surface area contributed by atoms with E-state index in [9.17, 15) is 4.79 Å². The second kappa shape index (κ2) is 3.99. The molecule has 2 aromatic heterocycles. The third kappa shape index (κ3) is 1.70. The van der Waals surface area contributed by atoms with E-state index in [1.807, 2.05) is 24.7 Å². The van der Waals surface area contributed by atoms with Gasteiger partial charge in [-0.2, -0.15) is 5.10 Å². The van der Waals surface area contributed by atoms with Crippen LogP contribution in [0.5, 0.6) is 0 Å². The first-order valence-electron chi connectivity index (χ1n) is 5.48. The average molecular weight is 260 g/mol. The average Bonchev–Trinajstić information content (AvgIpc) is 2.93. The largest absolute Gasteiger partial charge is 0.333 e. The molecule has 0 saturated carbocycles. The molecular weight excluding hydrogens is 248 g/mol. The summed E-state index contributed by atoms with van der Waals surface area (Å²) in [4.78, 5) is 13.9. The Bertz CT molecular complexity index is 628. The topological polar surface area (TPSA) is 50.2 Å². The molecule has 2 aromatic rings. The zero-order valence-electron chi connectivity index (χ0n) is 9.88. The number of thiophene rings is 1. The van der Waals surface area contributed by atoms with E-state index in [1.165, 1.54) is 11.3 Å². The third-order valence-electron chi connectivity index (χ3n) is 2.82. The van der Waals surface area contributed by atoms with Gasteiger partial charge < -0.3 is 5.32 Å². The molecule has 1 aliphatic rings. The standard InChI is InChI=1S/C12H12N4OS/c1-8-14-11-10(3-4-18-11)12(17)16(8)7-9-5-13-15(2)6-9/h3-6,14H,1,7H2,2H3. The fourth-order valence-electron chi connectivity index (χ4n) is 1.94.